The maximum atomic E-state index is 11.8. The van der Waals surface area contributed by atoms with Crippen molar-refractivity contribution in [3.05, 3.63) is 0 Å². The van der Waals surface area contributed by atoms with E-state index in [1.165, 1.54) is 0 Å². The van der Waals surface area contributed by atoms with Gasteiger partial charge in [0.1, 0.15) is 0 Å². The molecule has 0 aliphatic heterocycles. The van der Waals surface area contributed by atoms with Crippen molar-refractivity contribution < 1.29 is 13.6 Å². The Morgan fingerprint density at radius 2 is 1.93 bits per heavy atom. The quantitative estimate of drug-likeness (QED) is 0.662. The van der Waals surface area contributed by atoms with Gasteiger partial charge in [-0.25, -0.2) is 0 Å². The maximum Gasteiger partial charge on any atom is 0.315 e. The van der Waals surface area contributed by atoms with Crippen LogP contribution < -0.4 is 5.32 Å². The van der Waals surface area contributed by atoms with Crippen molar-refractivity contribution in [2.24, 2.45) is 0 Å². The van der Waals surface area contributed by atoms with E-state index in [9.17, 15) is 13.6 Å². The van der Waals surface area contributed by atoms with Crippen molar-refractivity contribution in [2.45, 2.75) is 39.2 Å². The van der Waals surface area contributed by atoms with Crippen molar-refractivity contribution in [2.75, 3.05) is 20.1 Å². The fraction of sp³-hybridized carbons (Fsp3) is 0.900. The van der Waals surface area contributed by atoms with Crippen molar-refractivity contribution >= 4 is 5.91 Å². The van der Waals surface area contributed by atoms with Gasteiger partial charge in [-0.15, -0.1) is 0 Å². The van der Waals surface area contributed by atoms with E-state index < -0.39 is 12.3 Å². The summed E-state index contributed by atoms with van der Waals surface area (Å²) in [5.74, 6) is -1.17. The van der Waals surface area contributed by atoms with Crippen LogP contribution in [-0.2, 0) is 4.79 Å². The van der Waals surface area contributed by atoms with Gasteiger partial charge < -0.3 is 10.2 Å². The van der Waals surface area contributed by atoms with Crippen molar-refractivity contribution in [1.29, 1.82) is 0 Å². The Balaban J connectivity index is 3.36. The number of hydrogen-bond acceptors (Lipinski definition) is 2. The Hall–Kier alpha value is -0.710. The van der Waals surface area contributed by atoms with Gasteiger partial charge in [-0.2, -0.15) is 8.78 Å². The van der Waals surface area contributed by atoms with Crippen LogP contribution in [0.3, 0.4) is 0 Å². The summed E-state index contributed by atoms with van der Waals surface area (Å²) in [6.07, 6.45) is -1.27. The van der Waals surface area contributed by atoms with Crippen LogP contribution in [0.2, 0.25) is 0 Å². The minimum absolute atomic E-state index is 0.328. The third-order valence-electron chi connectivity index (χ3n) is 2.32. The molecule has 90 valence electrons. The number of amides is 1. The summed E-state index contributed by atoms with van der Waals surface area (Å²) in [6, 6.07) is 0.487. The topological polar surface area (TPSA) is 32.3 Å². The Bertz CT molecular complexity index is 186. The summed E-state index contributed by atoms with van der Waals surface area (Å²) < 4.78 is 23.5. The standard InChI is InChI=1S/C10H20F2N2O/c1-8(2)14(3)7-5-4-6-13-10(15)9(11)12/h8-9H,4-7H2,1-3H3,(H,13,15). The molecule has 3 nitrogen and oxygen atoms in total. The zero-order chi connectivity index (χ0) is 11.8. The molecule has 1 amide bonds. The van der Waals surface area contributed by atoms with Crippen LogP contribution in [0.5, 0.6) is 0 Å². The molecule has 0 aliphatic rings. The summed E-state index contributed by atoms with van der Waals surface area (Å²) >= 11 is 0. The first kappa shape index (κ1) is 14.3. The summed E-state index contributed by atoms with van der Waals surface area (Å²) in [5.41, 5.74) is 0. The normalized spacial score (nSPS) is 11.5. The molecule has 0 heterocycles. The van der Waals surface area contributed by atoms with Crippen LogP contribution in [0.25, 0.3) is 0 Å². The van der Waals surface area contributed by atoms with Gasteiger partial charge in [0.25, 0.3) is 5.91 Å². The number of unbranched alkanes of at least 4 members (excludes halogenated alkanes) is 1. The van der Waals surface area contributed by atoms with Gasteiger partial charge in [0.15, 0.2) is 0 Å². The summed E-state index contributed by atoms with van der Waals surface area (Å²) in [7, 11) is 2.02. The number of carbonyl (C=O) groups excluding carboxylic acids is 1. The molecule has 0 saturated heterocycles. The highest BCUT2D eigenvalue weighted by Crippen LogP contribution is 1.97. The van der Waals surface area contributed by atoms with Crippen LogP contribution in [0.4, 0.5) is 8.78 Å². The molecule has 0 atom stereocenters. The first-order valence-electron chi connectivity index (χ1n) is 5.21. The van der Waals surface area contributed by atoms with E-state index in [0.717, 1.165) is 19.4 Å². The highest BCUT2D eigenvalue weighted by molar-refractivity contribution is 5.78. The summed E-state index contributed by atoms with van der Waals surface area (Å²) in [6.45, 7) is 5.44. The van der Waals surface area contributed by atoms with Gasteiger partial charge in [-0.3, -0.25) is 4.79 Å². The van der Waals surface area contributed by atoms with Crippen molar-refractivity contribution in [3.8, 4) is 0 Å². The molecular formula is C10H20F2N2O. The predicted octanol–water partition coefficient (Wildman–Crippen LogP) is 1.49. The fourth-order valence-electron chi connectivity index (χ4n) is 1.03. The lowest BCUT2D eigenvalue weighted by Crippen LogP contribution is -2.31. The molecule has 0 aliphatic carbocycles. The molecule has 0 rings (SSSR count). The molecule has 1 N–H and O–H groups in total. The summed E-state index contributed by atoms with van der Waals surface area (Å²) in [4.78, 5) is 12.7. The minimum Gasteiger partial charge on any atom is -0.351 e. The average Bonchev–Trinajstić information content (AvgIpc) is 2.16. The first-order chi connectivity index (χ1) is 6.95. The van der Waals surface area contributed by atoms with Gasteiger partial charge in [-0.1, -0.05) is 0 Å². The van der Waals surface area contributed by atoms with E-state index in [4.69, 9.17) is 0 Å². The number of nitrogens with one attached hydrogen (secondary N) is 1. The van der Waals surface area contributed by atoms with Crippen LogP contribution >= 0.6 is 0 Å². The highest BCUT2D eigenvalue weighted by atomic mass is 19.3. The Kier molecular flexibility index (Phi) is 7.21. The van der Waals surface area contributed by atoms with Crippen LogP contribution in [0.15, 0.2) is 0 Å². The molecule has 0 radical (unpaired) electrons. The lowest BCUT2D eigenvalue weighted by atomic mass is 10.2. The molecule has 0 fully saturated rings. The Morgan fingerprint density at radius 3 is 2.40 bits per heavy atom. The van der Waals surface area contributed by atoms with Gasteiger partial charge >= 0.3 is 6.43 Å². The molecule has 0 spiro atoms. The van der Waals surface area contributed by atoms with Crippen LogP contribution in [0.1, 0.15) is 26.7 Å². The molecule has 0 bridgehead atoms. The monoisotopic (exact) mass is 222 g/mol. The van der Waals surface area contributed by atoms with Crippen molar-refractivity contribution in [1.82, 2.24) is 10.2 Å². The Morgan fingerprint density at radius 1 is 1.33 bits per heavy atom. The number of hydrogen-bond donors (Lipinski definition) is 1. The number of carbonyl (C=O) groups is 1. The van der Waals surface area contributed by atoms with Gasteiger partial charge in [0.05, 0.1) is 0 Å². The van der Waals surface area contributed by atoms with Gasteiger partial charge in [0.2, 0.25) is 0 Å². The second-order valence-corrected chi connectivity index (χ2v) is 3.87. The van der Waals surface area contributed by atoms with Crippen LogP contribution in [-0.4, -0.2) is 43.4 Å². The molecule has 0 aromatic rings. The molecule has 0 unspecified atom stereocenters. The number of halogens is 2. The highest BCUT2D eigenvalue weighted by Gasteiger charge is 2.13. The lowest BCUT2D eigenvalue weighted by molar-refractivity contribution is -0.131. The number of alkyl halides is 2. The zero-order valence-corrected chi connectivity index (χ0v) is 9.59. The Labute approximate surface area is 89.8 Å². The largest absolute Gasteiger partial charge is 0.351 e. The van der Waals surface area contributed by atoms with Crippen LogP contribution in [0, 0.1) is 0 Å². The smallest absolute Gasteiger partial charge is 0.315 e. The lowest BCUT2D eigenvalue weighted by Gasteiger charge is -2.20. The van der Waals surface area contributed by atoms with Gasteiger partial charge in [-0.05, 0) is 40.3 Å². The number of rotatable bonds is 7. The molecule has 0 saturated carbocycles. The predicted molar refractivity (Wildman–Crippen MR) is 56.0 cm³/mol. The molecular weight excluding hydrogens is 202 g/mol. The van der Waals surface area contributed by atoms with E-state index >= 15 is 0 Å². The van der Waals surface area contributed by atoms with Crippen molar-refractivity contribution in [3.63, 3.8) is 0 Å². The third-order valence-corrected chi connectivity index (χ3v) is 2.32. The van der Waals surface area contributed by atoms with E-state index in [-0.39, 0.29) is 0 Å². The number of nitrogens with zero attached hydrogens (tertiary/aromatic N) is 1. The second-order valence-electron chi connectivity index (χ2n) is 3.87. The summed E-state index contributed by atoms with van der Waals surface area (Å²) in [5, 5.41) is 2.18. The second kappa shape index (κ2) is 7.56. The molecule has 15 heavy (non-hydrogen) atoms. The first-order valence-corrected chi connectivity index (χ1v) is 5.21. The average molecular weight is 222 g/mol. The molecule has 0 aromatic carbocycles. The van der Waals surface area contributed by atoms with E-state index in [0.29, 0.717) is 12.6 Å². The van der Waals surface area contributed by atoms with Gasteiger partial charge in [0, 0.05) is 12.6 Å². The minimum atomic E-state index is -2.90. The SMILES string of the molecule is CC(C)N(C)CCCCNC(=O)C(F)F. The molecule has 0 aromatic heterocycles. The molecule has 5 heteroatoms. The zero-order valence-electron chi connectivity index (χ0n) is 9.59. The third kappa shape index (κ3) is 7.25. The maximum absolute atomic E-state index is 11.8. The van der Waals surface area contributed by atoms with E-state index in [1.54, 1.807) is 0 Å². The van der Waals surface area contributed by atoms with E-state index in [2.05, 4.69) is 24.1 Å². The fourth-order valence-corrected chi connectivity index (χ4v) is 1.03. The van der Waals surface area contributed by atoms with E-state index in [1.807, 2.05) is 7.05 Å².